The van der Waals surface area contributed by atoms with Gasteiger partial charge in [-0.15, -0.1) is 0 Å². The third kappa shape index (κ3) is 6.52. The van der Waals surface area contributed by atoms with E-state index in [1.54, 1.807) is 0 Å². The fourth-order valence-corrected chi connectivity index (χ4v) is 3.30. The van der Waals surface area contributed by atoms with E-state index in [9.17, 15) is 5.11 Å². The molecule has 1 fully saturated rings. The first kappa shape index (κ1) is 16.4. The van der Waals surface area contributed by atoms with E-state index in [4.69, 9.17) is 0 Å². The molecule has 21 heavy (non-hydrogen) atoms. The molecule has 0 atom stereocenters. The Kier molecular flexibility index (Phi) is 7.66. The first-order valence-electron chi connectivity index (χ1n) is 8.85. The minimum atomic E-state index is 0.125. The summed E-state index contributed by atoms with van der Waals surface area (Å²) >= 11 is 0. The van der Waals surface area contributed by atoms with Crippen molar-refractivity contribution in [3.8, 4) is 0 Å². The SMILES string of the molecule is OCc1cccc(NC2CCCCCCCCCCC2)c1. The van der Waals surface area contributed by atoms with Crippen LogP contribution in [-0.4, -0.2) is 11.1 Å². The molecule has 2 rings (SSSR count). The second-order valence-corrected chi connectivity index (χ2v) is 6.46. The number of nitrogens with one attached hydrogen (secondary N) is 1. The number of aliphatic hydroxyl groups is 1. The van der Waals surface area contributed by atoms with E-state index in [2.05, 4.69) is 17.4 Å². The normalized spacial score (nSPS) is 19.5. The highest BCUT2D eigenvalue weighted by atomic mass is 16.3. The number of hydrogen-bond donors (Lipinski definition) is 2. The van der Waals surface area contributed by atoms with Gasteiger partial charge in [0.15, 0.2) is 0 Å². The fourth-order valence-electron chi connectivity index (χ4n) is 3.30. The molecule has 1 aliphatic rings. The van der Waals surface area contributed by atoms with Crippen LogP contribution in [0.3, 0.4) is 0 Å². The highest BCUT2D eigenvalue weighted by Crippen LogP contribution is 2.20. The molecule has 1 aliphatic carbocycles. The van der Waals surface area contributed by atoms with Crippen LogP contribution in [-0.2, 0) is 6.61 Å². The van der Waals surface area contributed by atoms with E-state index >= 15 is 0 Å². The lowest BCUT2D eigenvalue weighted by molar-refractivity contribution is 0.282. The van der Waals surface area contributed by atoms with Gasteiger partial charge in [-0.1, -0.05) is 69.9 Å². The number of anilines is 1. The lowest BCUT2D eigenvalue weighted by atomic mass is 9.97. The van der Waals surface area contributed by atoms with Crippen molar-refractivity contribution in [2.45, 2.75) is 83.3 Å². The van der Waals surface area contributed by atoms with Crippen molar-refractivity contribution >= 4 is 5.69 Å². The summed E-state index contributed by atoms with van der Waals surface area (Å²) in [5.41, 5.74) is 2.16. The number of hydrogen-bond acceptors (Lipinski definition) is 2. The Balaban J connectivity index is 1.87. The molecule has 0 aromatic heterocycles. The van der Waals surface area contributed by atoms with Crippen molar-refractivity contribution in [2.75, 3.05) is 5.32 Å². The van der Waals surface area contributed by atoms with Gasteiger partial charge < -0.3 is 10.4 Å². The summed E-state index contributed by atoms with van der Waals surface area (Å²) in [6.45, 7) is 0.125. The molecule has 2 N–H and O–H groups in total. The average Bonchev–Trinajstić information content (AvgIpc) is 2.50. The first-order valence-corrected chi connectivity index (χ1v) is 8.85. The monoisotopic (exact) mass is 289 g/mol. The van der Waals surface area contributed by atoms with Crippen LogP contribution in [0.5, 0.6) is 0 Å². The zero-order valence-electron chi connectivity index (χ0n) is 13.3. The molecule has 2 heteroatoms. The van der Waals surface area contributed by atoms with Crippen LogP contribution in [0.25, 0.3) is 0 Å². The zero-order chi connectivity index (χ0) is 14.8. The highest BCUT2D eigenvalue weighted by Gasteiger charge is 2.09. The summed E-state index contributed by atoms with van der Waals surface area (Å²) in [5.74, 6) is 0. The average molecular weight is 289 g/mol. The molecule has 0 heterocycles. The zero-order valence-corrected chi connectivity index (χ0v) is 13.3. The van der Waals surface area contributed by atoms with Crippen molar-refractivity contribution in [1.82, 2.24) is 0 Å². The second-order valence-electron chi connectivity index (χ2n) is 6.46. The Labute approximate surface area is 130 Å². The van der Waals surface area contributed by atoms with E-state index in [1.165, 1.54) is 76.3 Å². The minimum absolute atomic E-state index is 0.125. The van der Waals surface area contributed by atoms with Crippen LogP contribution in [0.4, 0.5) is 5.69 Å². The fraction of sp³-hybridized carbons (Fsp3) is 0.684. The molecule has 0 amide bonds. The number of rotatable bonds is 3. The smallest absolute Gasteiger partial charge is 0.0682 e. The molecule has 2 nitrogen and oxygen atoms in total. The quantitative estimate of drug-likeness (QED) is 0.795. The third-order valence-corrected chi connectivity index (χ3v) is 4.59. The van der Waals surface area contributed by atoms with Crippen molar-refractivity contribution in [3.63, 3.8) is 0 Å². The number of aliphatic hydroxyl groups excluding tert-OH is 1. The van der Waals surface area contributed by atoms with Crippen LogP contribution in [0.2, 0.25) is 0 Å². The number of benzene rings is 1. The minimum Gasteiger partial charge on any atom is -0.392 e. The van der Waals surface area contributed by atoms with Gasteiger partial charge in [-0.05, 0) is 30.5 Å². The van der Waals surface area contributed by atoms with Crippen LogP contribution in [0.15, 0.2) is 24.3 Å². The van der Waals surface area contributed by atoms with E-state index in [0.29, 0.717) is 6.04 Å². The molecule has 0 aliphatic heterocycles. The Bertz CT molecular complexity index is 379. The Morgan fingerprint density at radius 2 is 1.43 bits per heavy atom. The van der Waals surface area contributed by atoms with Gasteiger partial charge in [-0.25, -0.2) is 0 Å². The van der Waals surface area contributed by atoms with Gasteiger partial charge in [0.05, 0.1) is 6.61 Å². The molecule has 0 bridgehead atoms. The van der Waals surface area contributed by atoms with Gasteiger partial charge in [0.2, 0.25) is 0 Å². The maximum absolute atomic E-state index is 9.25. The Hall–Kier alpha value is -1.02. The molecule has 1 aromatic carbocycles. The molecule has 0 unspecified atom stereocenters. The molecule has 0 saturated heterocycles. The summed E-state index contributed by atoms with van der Waals surface area (Å²) in [7, 11) is 0. The molecule has 1 saturated carbocycles. The standard InChI is InChI=1S/C19H31NO/c21-16-17-11-10-14-19(15-17)20-18-12-8-6-4-2-1-3-5-7-9-13-18/h10-11,14-15,18,20-21H,1-9,12-13,16H2. The summed E-state index contributed by atoms with van der Waals surface area (Å²) in [4.78, 5) is 0. The van der Waals surface area contributed by atoms with Crippen molar-refractivity contribution in [1.29, 1.82) is 0 Å². The largest absolute Gasteiger partial charge is 0.392 e. The van der Waals surface area contributed by atoms with Gasteiger partial charge in [-0.2, -0.15) is 0 Å². The van der Waals surface area contributed by atoms with Crippen LogP contribution in [0.1, 0.15) is 76.2 Å². The predicted molar refractivity (Wildman–Crippen MR) is 90.6 cm³/mol. The van der Waals surface area contributed by atoms with Gasteiger partial charge in [0, 0.05) is 11.7 Å². The highest BCUT2D eigenvalue weighted by molar-refractivity contribution is 5.46. The molecular formula is C19H31NO. The summed E-state index contributed by atoms with van der Waals surface area (Å²) in [6.07, 6.45) is 15.1. The molecule has 0 spiro atoms. The first-order chi connectivity index (χ1) is 10.4. The second kappa shape index (κ2) is 9.83. The Morgan fingerprint density at radius 1 is 0.857 bits per heavy atom. The predicted octanol–water partition coefficient (Wildman–Crippen LogP) is 5.26. The van der Waals surface area contributed by atoms with Gasteiger partial charge in [0.1, 0.15) is 0 Å². The lowest BCUT2D eigenvalue weighted by Crippen LogP contribution is -2.19. The summed E-state index contributed by atoms with van der Waals surface area (Å²) < 4.78 is 0. The van der Waals surface area contributed by atoms with Crippen LogP contribution in [0, 0.1) is 0 Å². The van der Waals surface area contributed by atoms with Gasteiger partial charge in [0.25, 0.3) is 0 Å². The molecule has 1 aromatic rings. The summed E-state index contributed by atoms with van der Waals surface area (Å²) in [5, 5.41) is 12.9. The lowest BCUT2D eigenvalue weighted by Gasteiger charge is -2.21. The van der Waals surface area contributed by atoms with Crippen LogP contribution < -0.4 is 5.32 Å². The Morgan fingerprint density at radius 3 is 2.00 bits per heavy atom. The molecular weight excluding hydrogens is 258 g/mol. The molecule has 0 radical (unpaired) electrons. The van der Waals surface area contributed by atoms with E-state index < -0.39 is 0 Å². The maximum Gasteiger partial charge on any atom is 0.0682 e. The maximum atomic E-state index is 9.25. The summed E-state index contributed by atoms with van der Waals surface area (Å²) in [6, 6.07) is 8.80. The van der Waals surface area contributed by atoms with Crippen molar-refractivity contribution < 1.29 is 5.11 Å². The third-order valence-electron chi connectivity index (χ3n) is 4.59. The topological polar surface area (TPSA) is 32.3 Å². The van der Waals surface area contributed by atoms with E-state index in [-0.39, 0.29) is 6.61 Å². The molecule has 118 valence electrons. The van der Waals surface area contributed by atoms with Gasteiger partial charge >= 0.3 is 0 Å². The van der Waals surface area contributed by atoms with E-state index in [0.717, 1.165) is 5.56 Å². The van der Waals surface area contributed by atoms with Crippen molar-refractivity contribution in [2.24, 2.45) is 0 Å². The van der Waals surface area contributed by atoms with Gasteiger partial charge in [-0.3, -0.25) is 0 Å². The van der Waals surface area contributed by atoms with Crippen molar-refractivity contribution in [3.05, 3.63) is 29.8 Å². The van der Waals surface area contributed by atoms with E-state index in [1.807, 2.05) is 12.1 Å². The van der Waals surface area contributed by atoms with Crippen LogP contribution >= 0.6 is 0 Å².